The average Bonchev–Trinajstić information content (AvgIpc) is 2.71. The fourth-order valence-electron chi connectivity index (χ4n) is 2.98. The molecule has 0 aromatic heterocycles. The molecule has 0 aliphatic rings. The summed E-state index contributed by atoms with van der Waals surface area (Å²) in [6.45, 7) is 7.69. The van der Waals surface area contributed by atoms with Crippen molar-refractivity contribution in [2.75, 3.05) is 32.1 Å². The van der Waals surface area contributed by atoms with E-state index in [0.29, 0.717) is 29.6 Å². The van der Waals surface area contributed by atoms with Gasteiger partial charge in [0.15, 0.2) is 6.61 Å². The molecule has 9 heteroatoms. The maximum atomic E-state index is 12.8. The van der Waals surface area contributed by atoms with E-state index in [1.165, 1.54) is 29.6 Å². The highest BCUT2D eigenvalue weighted by molar-refractivity contribution is 7.89. The van der Waals surface area contributed by atoms with E-state index in [0.717, 1.165) is 11.1 Å². The van der Waals surface area contributed by atoms with Gasteiger partial charge in [-0.25, -0.2) is 8.42 Å². The summed E-state index contributed by atoms with van der Waals surface area (Å²) in [4.78, 5) is 12.5. The molecule has 30 heavy (non-hydrogen) atoms. The SMILES string of the molecule is CCN(CC)S(=O)(=O)c1ccc(OC)c(NC(=O)COc2cc(C)c(Cl)c(C)c2)c1. The minimum atomic E-state index is -3.67. The smallest absolute Gasteiger partial charge is 0.262 e. The Kier molecular flexibility index (Phi) is 8.11. The number of hydrogen-bond donors (Lipinski definition) is 1. The molecule has 0 bridgehead atoms. The number of nitrogens with zero attached hydrogens (tertiary/aromatic N) is 1. The summed E-state index contributed by atoms with van der Waals surface area (Å²) >= 11 is 6.15. The van der Waals surface area contributed by atoms with E-state index in [4.69, 9.17) is 21.1 Å². The van der Waals surface area contributed by atoms with Gasteiger partial charge in [-0.2, -0.15) is 4.31 Å². The highest BCUT2D eigenvalue weighted by Gasteiger charge is 2.23. The lowest BCUT2D eigenvalue weighted by atomic mass is 10.1. The summed E-state index contributed by atoms with van der Waals surface area (Å²) in [5.74, 6) is 0.422. The van der Waals surface area contributed by atoms with Gasteiger partial charge in [0.25, 0.3) is 5.91 Å². The fraction of sp³-hybridized carbons (Fsp3) is 0.381. The van der Waals surface area contributed by atoms with Crippen molar-refractivity contribution in [3.63, 3.8) is 0 Å². The van der Waals surface area contributed by atoms with Gasteiger partial charge in [0.2, 0.25) is 10.0 Å². The van der Waals surface area contributed by atoms with E-state index in [2.05, 4.69) is 5.32 Å². The van der Waals surface area contributed by atoms with E-state index >= 15 is 0 Å². The number of hydrogen-bond acceptors (Lipinski definition) is 5. The third-order valence-corrected chi connectivity index (χ3v) is 7.21. The van der Waals surface area contributed by atoms with E-state index in [1.54, 1.807) is 26.0 Å². The largest absolute Gasteiger partial charge is 0.495 e. The van der Waals surface area contributed by atoms with Crippen molar-refractivity contribution < 1.29 is 22.7 Å². The van der Waals surface area contributed by atoms with Gasteiger partial charge in [0.05, 0.1) is 17.7 Å². The van der Waals surface area contributed by atoms with Crippen LogP contribution in [0.15, 0.2) is 35.2 Å². The Hall–Kier alpha value is -2.29. The number of carbonyl (C=O) groups excluding carboxylic acids is 1. The minimum Gasteiger partial charge on any atom is -0.495 e. The van der Waals surface area contributed by atoms with Crippen LogP contribution in [0.2, 0.25) is 5.02 Å². The maximum Gasteiger partial charge on any atom is 0.262 e. The van der Waals surface area contributed by atoms with E-state index in [9.17, 15) is 13.2 Å². The van der Waals surface area contributed by atoms with Crippen molar-refractivity contribution in [2.45, 2.75) is 32.6 Å². The van der Waals surface area contributed by atoms with Crippen molar-refractivity contribution in [2.24, 2.45) is 0 Å². The van der Waals surface area contributed by atoms with Crippen LogP contribution in [-0.4, -0.2) is 45.4 Å². The fourth-order valence-corrected chi connectivity index (χ4v) is 4.58. The molecule has 0 fully saturated rings. The molecular weight excluding hydrogens is 428 g/mol. The van der Waals surface area contributed by atoms with Crippen LogP contribution >= 0.6 is 11.6 Å². The number of benzene rings is 2. The number of ether oxygens (including phenoxy) is 2. The Morgan fingerprint density at radius 2 is 1.70 bits per heavy atom. The van der Waals surface area contributed by atoms with E-state index < -0.39 is 15.9 Å². The molecule has 0 radical (unpaired) electrons. The Balaban J connectivity index is 2.19. The zero-order valence-electron chi connectivity index (χ0n) is 17.8. The summed E-state index contributed by atoms with van der Waals surface area (Å²) in [6.07, 6.45) is 0. The van der Waals surface area contributed by atoms with Crippen molar-refractivity contribution in [1.29, 1.82) is 0 Å². The molecule has 0 aliphatic carbocycles. The first-order valence-electron chi connectivity index (χ1n) is 9.51. The summed E-state index contributed by atoms with van der Waals surface area (Å²) in [5, 5.41) is 3.32. The molecule has 2 rings (SSSR count). The van der Waals surface area contributed by atoms with Gasteiger partial charge < -0.3 is 14.8 Å². The highest BCUT2D eigenvalue weighted by Crippen LogP contribution is 2.29. The van der Waals surface area contributed by atoms with E-state index in [-0.39, 0.29) is 17.2 Å². The molecule has 0 saturated heterocycles. The summed E-state index contributed by atoms with van der Waals surface area (Å²) in [5.41, 5.74) is 1.95. The second-order valence-electron chi connectivity index (χ2n) is 6.66. The Labute approximate surface area is 183 Å². The van der Waals surface area contributed by atoms with Gasteiger partial charge in [0.1, 0.15) is 11.5 Å². The zero-order valence-corrected chi connectivity index (χ0v) is 19.4. The van der Waals surface area contributed by atoms with Crippen LogP contribution in [-0.2, 0) is 14.8 Å². The Bertz CT molecular complexity index is 997. The number of methoxy groups -OCH3 is 1. The number of carbonyl (C=O) groups is 1. The predicted molar refractivity (Wildman–Crippen MR) is 118 cm³/mol. The molecular formula is C21H27ClN2O5S. The van der Waals surface area contributed by atoms with Crippen LogP contribution in [0.4, 0.5) is 5.69 Å². The lowest BCUT2D eigenvalue weighted by molar-refractivity contribution is -0.118. The van der Waals surface area contributed by atoms with Crippen LogP contribution in [0, 0.1) is 13.8 Å². The van der Waals surface area contributed by atoms with E-state index in [1.807, 2.05) is 13.8 Å². The maximum absolute atomic E-state index is 12.8. The number of nitrogens with one attached hydrogen (secondary N) is 1. The lowest BCUT2D eigenvalue weighted by Gasteiger charge is -2.19. The number of halogens is 1. The number of amides is 1. The highest BCUT2D eigenvalue weighted by atomic mass is 35.5. The lowest BCUT2D eigenvalue weighted by Crippen LogP contribution is -2.30. The molecule has 1 N–H and O–H groups in total. The van der Waals surface area contributed by atoms with Gasteiger partial charge in [-0.1, -0.05) is 25.4 Å². The normalized spacial score (nSPS) is 11.4. The Morgan fingerprint density at radius 3 is 2.23 bits per heavy atom. The molecule has 0 unspecified atom stereocenters. The van der Waals surface area contributed by atoms with Crippen molar-refractivity contribution in [1.82, 2.24) is 4.31 Å². The van der Waals surface area contributed by atoms with Crippen LogP contribution in [0.1, 0.15) is 25.0 Å². The summed E-state index contributed by atoms with van der Waals surface area (Å²) in [7, 11) is -2.23. The molecule has 164 valence electrons. The minimum absolute atomic E-state index is 0.0761. The van der Waals surface area contributed by atoms with Gasteiger partial charge in [-0.15, -0.1) is 0 Å². The number of rotatable bonds is 9. The monoisotopic (exact) mass is 454 g/mol. The molecule has 0 spiro atoms. The molecule has 0 aliphatic heterocycles. The number of sulfonamides is 1. The second kappa shape index (κ2) is 10.1. The van der Waals surface area contributed by atoms with Gasteiger partial charge in [-0.3, -0.25) is 4.79 Å². The summed E-state index contributed by atoms with van der Waals surface area (Å²) in [6, 6.07) is 7.86. The van der Waals surface area contributed by atoms with Crippen molar-refractivity contribution in [3.05, 3.63) is 46.5 Å². The van der Waals surface area contributed by atoms with Gasteiger partial charge in [-0.05, 0) is 55.3 Å². The first-order chi connectivity index (χ1) is 14.1. The topological polar surface area (TPSA) is 84.9 Å². The molecule has 0 atom stereocenters. The predicted octanol–water partition coefficient (Wildman–Crippen LogP) is 4.01. The number of aryl methyl sites for hydroxylation is 2. The standard InChI is InChI=1S/C21H27ClN2O5S/c1-6-24(7-2)30(26,27)17-8-9-19(28-5)18(12-17)23-20(25)13-29-16-10-14(3)21(22)15(4)11-16/h8-12H,6-7,13H2,1-5H3,(H,23,25). The third kappa shape index (κ3) is 5.44. The average molecular weight is 455 g/mol. The molecule has 0 heterocycles. The second-order valence-corrected chi connectivity index (χ2v) is 8.98. The van der Waals surface area contributed by atoms with Gasteiger partial charge >= 0.3 is 0 Å². The summed E-state index contributed by atoms with van der Waals surface area (Å²) < 4.78 is 37.7. The van der Waals surface area contributed by atoms with Crippen molar-refractivity contribution >= 4 is 33.2 Å². The van der Waals surface area contributed by atoms with Crippen LogP contribution < -0.4 is 14.8 Å². The zero-order chi connectivity index (χ0) is 22.5. The third-order valence-electron chi connectivity index (χ3n) is 4.57. The van der Waals surface area contributed by atoms with Crippen molar-refractivity contribution in [3.8, 4) is 11.5 Å². The molecule has 2 aromatic carbocycles. The Morgan fingerprint density at radius 1 is 1.10 bits per heavy atom. The quantitative estimate of drug-likeness (QED) is 0.618. The molecule has 1 amide bonds. The van der Waals surface area contributed by atoms with Crippen LogP contribution in [0.3, 0.4) is 0 Å². The first-order valence-corrected chi connectivity index (χ1v) is 11.3. The first kappa shape index (κ1) is 24.0. The molecule has 7 nitrogen and oxygen atoms in total. The van der Waals surface area contributed by atoms with Gasteiger partial charge in [0, 0.05) is 18.1 Å². The van der Waals surface area contributed by atoms with Crippen LogP contribution in [0.25, 0.3) is 0 Å². The number of anilines is 1. The molecule has 0 saturated carbocycles. The molecule has 2 aromatic rings. The van der Waals surface area contributed by atoms with Crippen LogP contribution in [0.5, 0.6) is 11.5 Å².